The predicted molar refractivity (Wildman–Crippen MR) is 112 cm³/mol. The fourth-order valence-electron chi connectivity index (χ4n) is 3.12. The van der Waals surface area contributed by atoms with Crippen molar-refractivity contribution in [3.05, 3.63) is 88.7 Å². The van der Waals surface area contributed by atoms with E-state index in [1.54, 1.807) is 12.3 Å². The van der Waals surface area contributed by atoms with E-state index in [2.05, 4.69) is 9.97 Å². The number of aryl methyl sites for hydroxylation is 1. The van der Waals surface area contributed by atoms with Crippen LogP contribution in [0.2, 0.25) is 5.02 Å². The first-order valence-corrected chi connectivity index (χ1v) is 9.23. The number of pyridine rings is 2. The van der Waals surface area contributed by atoms with Crippen LogP contribution in [0.4, 0.5) is 0 Å². The quantitative estimate of drug-likeness (QED) is 0.342. The summed E-state index contributed by atoms with van der Waals surface area (Å²) in [5.74, 6) is -0.461. The van der Waals surface area contributed by atoms with Gasteiger partial charge in [-0.25, -0.2) is 9.78 Å². The highest BCUT2D eigenvalue weighted by Gasteiger charge is 2.11. The smallest absolute Gasteiger partial charge is 0.331 e. The van der Waals surface area contributed by atoms with Gasteiger partial charge in [0.1, 0.15) is 6.61 Å². The maximum absolute atomic E-state index is 12.2. The second-order valence-corrected chi connectivity index (χ2v) is 6.76. The van der Waals surface area contributed by atoms with Crippen LogP contribution in [0.1, 0.15) is 16.8 Å². The summed E-state index contributed by atoms with van der Waals surface area (Å²) < 4.78 is 5.35. The molecule has 2 aromatic carbocycles. The van der Waals surface area contributed by atoms with E-state index in [0.29, 0.717) is 10.7 Å². The molecule has 2 heterocycles. The standard InChI is InChI=1S/C23H17ClN2O2/c1-15-18-9-2-3-10-19(18)26-20(22(15)24)14-28-21(27)12-11-17-7-4-6-16-8-5-13-25-23(16)17/h2-13H,14H2,1H3/b12-11+. The molecule has 0 aliphatic carbocycles. The van der Waals surface area contributed by atoms with Crippen LogP contribution in [0.3, 0.4) is 0 Å². The minimum atomic E-state index is -0.461. The number of hydrogen-bond donors (Lipinski definition) is 0. The van der Waals surface area contributed by atoms with Gasteiger partial charge in [0.25, 0.3) is 0 Å². The van der Waals surface area contributed by atoms with Crippen molar-refractivity contribution in [1.82, 2.24) is 9.97 Å². The molecule has 0 fully saturated rings. The molecular formula is C23H17ClN2O2. The molecule has 0 N–H and O–H groups in total. The molecule has 0 amide bonds. The molecule has 0 saturated heterocycles. The van der Waals surface area contributed by atoms with Crippen LogP contribution in [-0.2, 0) is 16.1 Å². The highest BCUT2D eigenvalue weighted by molar-refractivity contribution is 6.32. The average molecular weight is 389 g/mol. The van der Waals surface area contributed by atoms with Gasteiger partial charge < -0.3 is 4.74 Å². The van der Waals surface area contributed by atoms with Crippen LogP contribution in [0.25, 0.3) is 27.9 Å². The Balaban J connectivity index is 1.51. The number of aromatic nitrogens is 2. The molecule has 0 saturated carbocycles. The lowest BCUT2D eigenvalue weighted by molar-refractivity contribution is -0.139. The van der Waals surface area contributed by atoms with Gasteiger partial charge in [0.2, 0.25) is 0 Å². The number of para-hydroxylation sites is 2. The van der Waals surface area contributed by atoms with Crippen LogP contribution < -0.4 is 0 Å². The summed E-state index contributed by atoms with van der Waals surface area (Å²) in [6.45, 7) is 1.95. The van der Waals surface area contributed by atoms with Gasteiger partial charge in [-0.15, -0.1) is 0 Å². The van der Waals surface area contributed by atoms with E-state index in [0.717, 1.165) is 32.9 Å². The number of esters is 1. The number of carbonyl (C=O) groups excluding carboxylic acids is 1. The number of carbonyl (C=O) groups is 1. The first-order chi connectivity index (χ1) is 13.6. The molecule has 0 unspecified atom stereocenters. The molecule has 0 bridgehead atoms. The first kappa shape index (κ1) is 18.1. The number of ether oxygens (including phenoxy) is 1. The summed E-state index contributed by atoms with van der Waals surface area (Å²) in [5, 5.41) is 2.53. The Morgan fingerprint density at radius 2 is 1.93 bits per heavy atom. The van der Waals surface area contributed by atoms with E-state index in [4.69, 9.17) is 16.3 Å². The maximum Gasteiger partial charge on any atom is 0.331 e. The van der Waals surface area contributed by atoms with Crippen molar-refractivity contribution in [2.24, 2.45) is 0 Å². The third-order valence-electron chi connectivity index (χ3n) is 4.56. The van der Waals surface area contributed by atoms with Gasteiger partial charge in [-0.1, -0.05) is 54.1 Å². The molecule has 2 aromatic heterocycles. The minimum Gasteiger partial charge on any atom is -0.456 e. The third kappa shape index (κ3) is 3.59. The minimum absolute atomic E-state index is 0.0153. The topological polar surface area (TPSA) is 52.1 Å². The normalized spacial score (nSPS) is 11.4. The van der Waals surface area contributed by atoms with E-state index in [1.807, 2.05) is 61.5 Å². The Morgan fingerprint density at radius 3 is 2.82 bits per heavy atom. The van der Waals surface area contributed by atoms with Crippen molar-refractivity contribution in [1.29, 1.82) is 0 Å². The fourth-order valence-corrected chi connectivity index (χ4v) is 3.32. The predicted octanol–water partition coefficient (Wildman–Crippen LogP) is 5.50. The SMILES string of the molecule is Cc1c(Cl)c(COC(=O)/C=C/c2cccc3cccnc23)nc2ccccc12. The van der Waals surface area contributed by atoms with E-state index in [-0.39, 0.29) is 6.61 Å². The Bertz CT molecular complexity index is 1210. The van der Waals surface area contributed by atoms with Crippen molar-refractivity contribution in [2.45, 2.75) is 13.5 Å². The number of hydrogen-bond acceptors (Lipinski definition) is 4. The lowest BCUT2D eigenvalue weighted by Crippen LogP contribution is -2.04. The summed E-state index contributed by atoms with van der Waals surface area (Å²) >= 11 is 6.41. The molecular weight excluding hydrogens is 372 g/mol. The van der Waals surface area contributed by atoms with E-state index < -0.39 is 5.97 Å². The molecule has 28 heavy (non-hydrogen) atoms. The molecule has 0 spiro atoms. The van der Waals surface area contributed by atoms with E-state index in [9.17, 15) is 4.79 Å². The van der Waals surface area contributed by atoms with Crippen LogP contribution in [-0.4, -0.2) is 15.9 Å². The van der Waals surface area contributed by atoms with Crippen LogP contribution >= 0.6 is 11.6 Å². The number of fused-ring (bicyclic) bond motifs is 2. The molecule has 138 valence electrons. The first-order valence-electron chi connectivity index (χ1n) is 8.86. The monoisotopic (exact) mass is 388 g/mol. The van der Waals surface area contributed by atoms with Gasteiger partial charge in [-0.3, -0.25) is 4.98 Å². The van der Waals surface area contributed by atoms with Gasteiger partial charge in [0.15, 0.2) is 0 Å². The van der Waals surface area contributed by atoms with Crippen LogP contribution in [0, 0.1) is 6.92 Å². The van der Waals surface area contributed by atoms with E-state index >= 15 is 0 Å². The zero-order valence-electron chi connectivity index (χ0n) is 15.2. The van der Waals surface area contributed by atoms with Crippen molar-refractivity contribution < 1.29 is 9.53 Å². The molecule has 4 rings (SSSR count). The molecule has 4 aromatic rings. The van der Waals surface area contributed by atoms with Gasteiger partial charge in [-0.05, 0) is 30.7 Å². The summed E-state index contributed by atoms with van der Waals surface area (Å²) in [6, 6.07) is 17.4. The number of benzene rings is 2. The third-order valence-corrected chi connectivity index (χ3v) is 5.06. The van der Waals surface area contributed by atoms with Gasteiger partial charge >= 0.3 is 5.97 Å². The summed E-state index contributed by atoms with van der Waals surface area (Å²) in [5.41, 5.74) is 3.99. The van der Waals surface area contributed by atoms with Crippen molar-refractivity contribution in [2.75, 3.05) is 0 Å². The average Bonchev–Trinajstić information content (AvgIpc) is 2.73. The van der Waals surface area contributed by atoms with Crippen molar-refractivity contribution in [3.8, 4) is 0 Å². The van der Waals surface area contributed by atoms with Crippen molar-refractivity contribution in [3.63, 3.8) is 0 Å². The number of nitrogens with zero attached hydrogens (tertiary/aromatic N) is 2. The Hall–Kier alpha value is -3.24. The van der Waals surface area contributed by atoms with Gasteiger partial charge in [0, 0.05) is 28.6 Å². The Kier molecular flexibility index (Phi) is 5.04. The van der Waals surface area contributed by atoms with Crippen LogP contribution in [0.15, 0.2) is 66.9 Å². The zero-order valence-corrected chi connectivity index (χ0v) is 16.0. The van der Waals surface area contributed by atoms with Gasteiger partial charge in [-0.2, -0.15) is 0 Å². The van der Waals surface area contributed by atoms with E-state index in [1.165, 1.54) is 6.08 Å². The molecule has 0 radical (unpaired) electrons. The van der Waals surface area contributed by atoms with Gasteiger partial charge in [0.05, 0.1) is 21.7 Å². The second-order valence-electron chi connectivity index (χ2n) is 6.38. The van der Waals surface area contributed by atoms with Crippen LogP contribution in [0.5, 0.6) is 0 Å². The highest BCUT2D eigenvalue weighted by Crippen LogP contribution is 2.27. The number of rotatable bonds is 4. The molecule has 0 aliphatic rings. The molecule has 0 atom stereocenters. The van der Waals surface area contributed by atoms with Crippen molar-refractivity contribution >= 4 is 45.5 Å². The lowest BCUT2D eigenvalue weighted by atomic mass is 10.1. The highest BCUT2D eigenvalue weighted by atomic mass is 35.5. The molecule has 0 aliphatic heterocycles. The molecule has 5 heteroatoms. The maximum atomic E-state index is 12.2. The Labute approximate surface area is 167 Å². The zero-order chi connectivity index (χ0) is 19.5. The largest absolute Gasteiger partial charge is 0.456 e. The Morgan fingerprint density at radius 1 is 1.11 bits per heavy atom. The lowest BCUT2D eigenvalue weighted by Gasteiger charge is -2.10. The summed E-state index contributed by atoms with van der Waals surface area (Å²) in [7, 11) is 0. The molecule has 4 nitrogen and oxygen atoms in total. The number of halogens is 1. The fraction of sp³-hybridized carbons (Fsp3) is 0.0870. The summed E-state index contributed by atoms with van der Waals surface area (Å²) in [4.78, 5) is 21.1. The second kappa shape index (κ2) is 7.79. The summed E-state index contributed by atoms with van der Waals surface area (Å²) in [6.07, 6.45) is 4.83.